The highest BCUT2D eigenvalue weighted by molar-refractivity contribution is 5.85. The van der Waals surface area contributed by atoms with Crippen LogP contribution in [0.5, 0.6) is 0 Å². The van der Waals surface area contributed by atoms with Gasteiger partial charge in [0.05, 0.1) is 37.2 Å². The molecule has 2 aromatic heterocycles. The molecule has 5 rings (SSSR count). The van der Waals surface area contributed by atoms with Crippen molar-refractivity contribution in [1.29, 1.82) is 0 Å². The molecular formula is C29H37N9O4. The fraction of sp³-hybridized carbons (Fsp3) is 0.379. The molecule has 13 heteroatoms. The van der Waals surface area contributed by atoms with Gasteiger partial charge in [0.15, 0.2) is 11.6 Å². The summed E-state index contributed by atoms with van der Waals surface area (Å²) < 4.78 is 15.0. The van der Waals surface area contributed by atoms with Crippen LogP contribution in [0, 0.1) is 0 Å². The van der Waals surface area contributed by atoms with Crippen molar-refractivity contribution < 1.29 is 19.1 Å². The molecule has 3 N–H and O–H groups in total. The highest BCUT2D eigenvalue weighted by Gasteiger charge is 2.32. The van der Waals surface area contributed by atoms with Crippen LogP contribution in [0.4, 0.5) is 4.79 Å². The van der Waals surface area contributed by atoms with Crippen molar-refractivity contribution in [2.75, 3.05) is 13.2 Å². The molecule has 0 fully saturated rings. The van der Waals surface area contributed by atoms with Crippen molar-refractivity contribution in [3.05, 3.63) is 89.8 Å². The fourth-order valence-corrected chi connectivity index (χ4v) is 4.29. The van der Waals surface area contributed by atoms with Gasteiger partial charge in [-0.25, -0.2) is 9.48 Å². The molecule has 0 unspecified atom stereocenters. The lowest BCUT2D eigenvalue weighted by atomic mass is 10.1. The number of carbonyl (C=O) groups excluding carboxylic acids is 2. The number of aromatic nitrogens is 6. The number of nitrogens with zero attached hydrogens (tertiary/aromatic N) is 7. The van der Waals surface area contributed by atoms with Gasteiger partial charge < -0.3 is 25.1 Å². The Morgan fingerprint density at radius 2 is 1.71 bits per heavy atom. The Morgan fingerprint density at radius 1 is 1.00 bits per heavy atom. The van der Waals surface area contributed by atoms with Crippen molar-refractivity contribution in [1.82, 2.24) is 40.0 Å². The molecule has 13 nitrogen and oxygen atoms in total. The summed E-state index contributed by atoms with van der Waals surface area (Å²) in [6.07, 6.45) is 1.23. The van der Waals surface area contributed by atoms with E-state index in [-0.39, 0.29) is 33.1 Å². The summed E-state index contributed by atoms with van der Waals surface area (Å²) in [4.78, 5) is 27.1. The molecule has 222 valence electrons. The van der Waals surface area contributed by atoms with E-state index in [9.17, 15) is 9.59 Å². The Morgan fingerprint density at radius 3 is 2.43 bits per heavy atom. The van der Waals surface area contributed by atoms with E-state index in [2.05, 4.69) is 25.8 Å². The second-order valence-corrected chi connectivity index (χ2v) is 10.3. The lowest BCUT2D eigenvalue weighted by molar-refractivity contribution is -0.126. The van der Waals surface area contributed by atoms with E-state index in [1.165, 1.54) is 0 Å². The minimum atomic E-state index is -1.09. The zero-order valence-electron chi connectivity index (χ0n) is 23.0. The topological polar surface area (TPSA) is 155 Å². The van der Waals surface area contributed by atoms with E-state index in [1.54, 1.807) is 29.6 Å². The maximum Gasteiger partial charge on any atom is 0.410 e. The lowest BCUT2D eigenvalue weighted by Gasteiger charge is -2.29. The number of carbonyl (C=O) groups is 2. The van der Waals surface area contributed by atoms with Gasteiger partial charge in [-0.3, -0.25) is 9.69 Å². The van der Waals surface area contributed by atoms with Crippen LogP contribution in [-0.2, 0) is 40.6 Å². The third kappa shape index (κ3) is 7.36. The van der Waals surface area contributed by atoms with Gasteiger partial charge in [0.1, 0.15) is 18.3 Å². The third-order valence-electron chi connectivity index (χ3n) is 6.54. The summed E-state index contributed by atoms with van der Waals surface area (Å²) in [5.41, 5.74) is 7.34. The highest BCUT2D eigenvalue weighted by atomic mass is 16.6. The maximum absolute atomic E-state index is 12.8. The maximum atomic E-state index is 12.8. The molecule has 2 aromatic carbocycles. The standard InChI is InChI=1S/C28H33N9O4.CH4/c1-28(2,29)26(38)30-23(19-40-17-20-9-5-3-6-10-20)25-33-32-24-16-35(13-14-36(24)25)27(39)41-18-21-15-37(34-31-21)22-11-7-4-8-12-22;/h3-12,15,23H,13-14,16-19,29H2,1-2H3,(H,30,38);1H4/t23-;/m1./s1. The summed E-state index contributed by atoms with van der Waals surface area (Å²) in [7, 11) is 0. The van der Waals surface area contributed by atoms with Gasteiger partial charge in [-0.2, -0.15) is 0 Å². The van der Waals surface area contributed by atoms with Crippen molar-refractivity contribution in [3.63, 3.8) is 0 Å². The van der Waals surface area contributed by atoms with Crippen LogP contribution in [0.1, 0.15) is 50.2 Å². The zero-order chi connectivity index (χ0) is 28.8. The van der Waals surface area contributed by atoms with Crippen LogP contribution in [0.2, 0.25) is 0 Å². The van der Waals surface area contributed by atoms with Crippen LogP contribution >= 0.6 is 0 Å². The van der Waals surface area contributed by atoms with E-state index < -0.39 is 17.7 Å². The summed E-state index contributed by atoms with van der Waals surface area (Å²) in [6, 6.07) is 18.7. The number of hydrogen-bond donors (Lipinski definition) is 2. The monoisotopic (exact) mass is 575 g/mol. The van der Waals surface area contributed by atoms with Gasteiger partial charge in [-0.1, -0.05) is 61.2 Å². The van der Waals surface area contributed by atoms with Gasteiger partial charge in [-0.05, 0) is 31.5 Å². The SMILES string of the molecule is C.CC(C)(N)C(=O)N[C@H](COCc1ccccc1)c1nnc2n1CCN(C(=O)OCc1cn(-c3ccccc3)nn1)C2. The van der Waals surface area contributed by atoms with Crippen LogP contribution in [0.3, 0.4) is 0 Å². The first kappa shape index (κ1) is 30.3. The Balaban J connectivity index is 0.00000405. The van der Waals surface area contributed by atoms with Crippen molar-refractivity contribution >= 4 is 12.0 Å². The summed E-state index contributed by atoms with van der Waals surface area (Å²) >= 11 is 0. The normalized spacial score (nSPS) is 13.5. The van der Waals surface area contributed by atoms with Crippen molar-refractivity contribution in [2.24, 2.45) is 5.73 Å². The average molecular weight is 576 g/mol. The minimum Gasteiger partial charge on any atom is -0.443 e. The van der Waals surface area contributed by atoms with E-state index in [0.717, 1.165) is 11.3 Å². The van der Waals surface area contributed by atoms with E-state index in [1.807, 2.05) is 65.2 Å². The van der Waals surface area contributed by atoms with Crippen molar-refractivity contribution in [3.8, 4) is 5.69 Å². The molecule has 1 aliphatic heterocycles. The third-order valence-corrected chi connectivity index (χ3v) is 6.54. The highest BCUT2D eigenvalue weighted by Crippen LogP contribution is 2.20. The second kappa shape index (κ2) is 13.4. The van der Waals surface area contributed by atoms with E-state index in [0.29, 0.717) is 37.0 Å². The smallest absolute Gasteiger partial charge is 0.410 e. The lowest BCUT2D eigenvalue weighted by Crippen LogP contribution is -2.51. The first-order chi connectivity index (χ1) is 19.8. The largest absolute Gasteiger partial charge is 0.443 e. The van der Waals surface area contributed by atoms with Gasteiger partial charge in [0.25, 0.3) is 0 Å². The molecule has 4 aromatic rings. The van der Waals surface area contributed by atoms with E-state index >= 15 is 0 Å². The number of nitrogens with one attached hydrogen (secondary N) is 1. The van der Waals surface area contributed by atoms with Crippen LogP contribution in [0.15, 0.2) is 66.9 Å². The Labute approximate surface area is 244 Å². The number of rotatable bonds is 10. The molecule has 0 saturated carbocycles. The Bertz CT molecular complexity index is 1470. The first-order valence-corrected chi connectivity index (χ1v) is 13.3. The van der Waals surface area contributed by atoms with Gasteiger partial charge in [0, 0.05) is 13.1 Å². The number of para-hydroxylation sites is 1. The summed E-state index contributed by atoms with van der Waals surface area (Å²) in [6.45, 7) is 4.81. The van der Waals surface area contributed by atoms with Crippen LogP contribution < -0.4 is 11.1 Å². The summed E-state index contributed by atoms with van der Waals surface area (Å²) in [5, 5.41) is 19.8. The van der Waals surface area contributed by atoms with Crippen molar-refractivity contribution in [2.45, 2.75) is 59.2 Å². The fourth-order valence-electron chi connectivity index (χ4n) is 4.29. The number of nitrogens with two attached hydrogens (primary N) is 1. The molecule has 0 radical (unpaired) electrons. The average Bonchev–Trinajstić information content (AvgIpc) is 3.63. The number of hydrogen-bond acceptors (Lipinski definition) is 9. The van der Waals surface area contributed by atoms with Gasteiger partial charge in [-0.15, -0.1) is 15.3 Å². The molecular weight excluding hydrogens is 538 g/mol. The molecule has 1 aliphatic rings. The predicted octanol–water partition coefficient (Wildman–Crippen LogP) is 2.76. The first-order valence-electron chi connectivity index (χ1n) is 13.3. The quantitative estimate of drug-likeness (QED) is 0.290. The summed E-state index contributed by atoms with van der Waals surface area (Å²) in [5.74, 6) is 0.775. The Kier molecular flexibility index (Phi) is 9.65. The zero-order valence-corrected chi connectivity index (χ0v) is 23.0. The van der Waals surface area contributed by atoms with Crippen LogP contribution in [-0.4, -0.2) is 65.3 Å². The molecule has 0 saturated heterocycles. The molecule has 1 atom stereocenters. The molecule has 3 heterocycles. The molecule has 2 amide bonds. The minimum absolute atomic E-state index is 0. The molecule has 42 heavy (non-hydrogen) atoms. The van der Waals surface area contributed by atoms with E-state index in [4.69, 9.17) is 15.2 Å². The number of ether oxygens (including phenoxy) is 2. The Hall–Kier alpha value is -4.62. The van der Waals surface area contributed by atoms with Gasteiger partial charge >= 0.3 is 6.09 Å². The number of amides is 2. The van der Waals surface area contributed by atoms with Crippen LogP contribution in [0.25, 0.3) is 5.69 Å². The molecule has 0 spiro atoms. The molecule has 0 aliphatic carbocycles. The predicted molar refractivity (Wildman–Crippen MR) is 154 cm³/mol. The van der Waals surface area contributed by atoms with Gasteiger partial charge in [0.2, 0.25) is 5.91 Å². The molecule has 0 bridgehead atoms. The number of benzene rings is 2. The number of fused-ring (bicyclic) bond motifs is 1. The second-order valence-electron chi connectivity index (χ2n) is 10.3.